The summed E-state index contributed by atoms with van der Waals surface area (Å²) in [5.41, 5.74) is 0.884. The number of piperazine rings is 1. The van der Waals surface area contributed by atoms with Gasteiger partial charge in [-0.1, -0.05) is 0 Å². The highest BCUT2D eigenvalue weighted by Gasteiger charge is 2.33. The topological polar surface area (TPSA) is 62.5 Å². The molecule has 0 aromatic carbocycles. The highest BCUT2D eigenvalue weighted by Crippen LogP contribution is 2.28. The lowest BCUT2D eigenvalue weighted by Gasteiger charge is -2.35. The van der Waals surface area contributed by atoms with Crippen LogP contribution >= 0.6 is 0 Å². The molecule has 1 fully saturated rings. The molecule has 3 aromatic heterocycles. The maximum Gasteiger partial charge on any atom is 0.433 e. The minimum atomic E-state index is -4.47. The van der Waals surface area contributed by atoms with Gasteiger partial charge in [0.1, 0.15) is 11.2 Å². The lowest BCUT2D eigenvalue weighted by Crippen LogP contribution is -2.47. The molecular weight excluding hydrogens is 347 g/mol. The Bertz CT molecular complexity index is 929. The Hall–Kier alpha value is -2.91. The Balaban J connectivity index is 1.52. The van der Waals surface area contributed by atoms with Crippen molar-refractivity contribution in [2.24, 2.45) is 0 Å². The Morgan fingerprint density at radius 1 is 1.00 bits per heavy atom. The van der Waals surface area contributed by atoms with E-state index in [9.17, 15) is 13.2 Å². The number of aryl methyl sites for hydroxylation is 1. The van der Waals surface area contributed by atoms with Gasteiger partial charge >= 0.3 is 6.18 Å². The fourth-order valence-corrected chi connectivity index (χ4v) is 3.05. The van der Waals surface area contributed by atoms with Crippen molar-refractivity contribution in [2.75, 3.05) is 36.0 Å². The summed E-state index contributed by atoms with van der Waals surface area (Å²) in [6, 6.07) is 2.84. The number of rotatable bonds is 2. The molecule has 0 saturated carbocycles. The molecule has 0 bridgehead atoms. The third-order valence-electron chi connectivity index (χ3n) is 4.29. The highest BCUT2D eigenvalue weighted by atomic mass is 19.4. The van der Waals surface area contributed by atoms with Crippen LogP contribution in [0.3, 0.4) is 0 Å². The van der Waals surface area contributed by atoms with Crippen molar-refractivity contribution in [3.63, 3.8) is 0 Å². The smallest absolute Gasteiger partial charge is 0.351 e. The van der Waals surface area contributed by atoms with Gasteiger partial charge in [0, 0.05) is 44.8 Å². The molecule has 0 atom stereocenters. The molecule has 0 aliphatic carbocycles. The summed E-state index contributed by atoms with van der Waals surface area (Å²) in [6.45, 7) is 4.15. The van der Waals surface area contributed by atoms with E-state index < -0.39 is 11.9 Å². The molecule has 0 N–H and O–H groups in total. The third-order valence-corrected chi connectivity index (χ3v) is 4.29. The van der Waals surface area contributed by atoms with E-state index in [0.29, 0.717) is 26.2 Å². The van der Waals surface area contributed by atoms with Crippen molar-refractivity contribution in [1.29, 1.82) is 0 Å². The molecule has 136 valence electrons. The summed E-state index contributed by atoms with van der Waals surface area (Å²) in [6.07, 6.45) is 0.156. The predicted molar refractivity (Wildman–Crippen MR) is 89.2 cm³/mol. The van der Waals surface area contributed by atoms with E-state index >= 15 is 0 Å². The lowest BCUT2D eigenvalue weighted by molar-refractivity contribution is -0.141. The molecular formula is C16H16F3N7. The van der Waals surface area contributed by atoms with Crippen LogP contribution in [0.25, 0.3) is 5.52 Å². The lowest BCUT2D eigenvalue weighted by atomic mass is 10.3. The average Bonchev–Trinajstić information content (AvgIpc) is 3.01. The molecule has 0 amide bonds. The SMILES string of the molecule is Cc1cc2c(N3CCN(c4nccc(C(F)(F)F)n4)CC3)nccn2n1. The summed E-state index contributed by atoms with van der Waals surface area (Å²) in [5, 5.41) is 4.38. The standard InChI is InChI=1S/C16H16F3N7/c1-11-10-12-14(20-4-5-26(12)23-11)24-6-8-25(9-7-24)15-21-3-2-13(22-15)16(17,18)19/h2-5,10H,6-9H2,1H3. The molecule has 1 aliphatic rings. The molecule has 26 heavy (non-hydrogen) atoms. The fourth-order valence-electron chi connectivity index (χ4n) is 3.05. The second-order valence-electron chi connectivity index (χ2n) is 6.08. The van der Waals surface area contributed by atoms with Crippen LogP contribution in [0.1, 0.15) is 11.4 Å². The van der Waals surface area contributed by atoms with E-state index in [4.69, 9.17) is 0 Å². The number of alkyl halides is 3. The Morgan fingerprint density at radius 2 is 1.73 bits per heavy atom. The first-order chi connectivity index (χ1) is 12.4. The molecule has 0 spiro atoms. The van der Waals surface area contributed by atoms with Crippen LogP contribution in [0.4, 0.5) is 24.9 Å². The Kier molecular flexibility index (Phi) is 3.89. The van der Waals surface area contributed by atoms with E-state index in [1.165, 1.54) is 0 Å². The van der Waals surface area contributed by atoms with Crippen molar-refractivity contribution in [2.45, 2.75) is 13.1 Å². The molecule has 3 aromatic rings. The fraction of sp³-hybridized carbons (Fsp3) is 0.375. The number of aromatic nitrogens is 5. The summed E-state index contributed by atoms with van der Waals surface area (Å²) < 4.78 is 40.3. The summed E-state index contributed by atoms with van der Waals surface area (Å²) >= 11 is 0. The van der Waals surface area contributed by atoms with Crippen molar-refractivity contribution in [1.82, 2.24) is 24.6 Å². The average molecular weight is 363 g/mol. The quantitative estimate of drug-likeness (QED) is 0.695. The van der Waals surface area contributed by atoms with Crippen LogP contribution in [-0.4, -0.2) is 50.7 Å². The largest absolute Gasteiger partial charge is 0.433 e. The van der Waals surface area contributed by atoms with Gasteiger partial charge in [-0.25, -0.2) is 19.5 Å². The predicted octanol–water partition coefficient (Wildman–Crippen LogP) is 2.17. The van der Waals surface area contributed by atoms with Crippen LogP contribution in [0, 0.1) is 6.92 Å². The van der Waals surface area contributed by atoms with Crippen molar-refractivity contribution >= 4 is 17.3 Å². The third kappa shape index (κ3) is 3.02. The van der Waals surface area contributed by atoms with Crippen molar-refractivity contribution < 1.29 is 13.2 Å². The number of anilines is 2. The van der Waals surface area contributed by atoms with Gasteiger partial charge in [0.15, 0.2) is 5.82 Å². The molecule has 0 unspecified atom stereocenters. The number of nitrogens with zero attached hydrogens (tertiary/aromatic N) is 7. The molecule has 4 heterocycles. The molecule has 7 nitrogen and oxygen atoms in total. The number of hydrogen-bond acceptors (Lipinski definition) is 6. The van der Waals surface area contributed by atoms with E-state index in [-0.39, 0.29) is 5.95 Å². The first-order valence-electron chi connectivity index (χ1n) is 8.13. The van der Waals surface area contributed by atoms with Gasteiger partial charge < -0.3 is 9.80 Å². The zero-order valence-electron chi connectivity index (χ0n) is 14.0. The normalized spacial score (nSPS) is 15.7. The molecule has 0 radical (unpaired) electrons. The molecule has 1 saturated heterocycles. The molecule has 10 heteroatoms. The number of hydrogen-bond donors (Lipinski definition) is 0. The molecule has 4 rings (SSSR count). The van der Waals surface area contributed by atoms with Gasteiger partial charge in [-0.2, -0.15) is 18.3 Å². The zero-order valence-corrected chi connectivity index (χ0v) is 14.0. The minimum Gasteiger partial charge on any atom is -0.351 e. The van der Waals surface area contributed by atoms with E-state index in [1.54, 1.807) is 21.8 Å². The second kappa shape index (κ2) is 6.11. The van der Waals surface area contributed by atoms with E-state index in [0.717, 1.165) is 29.3 Å². The first-order valence-corrected chi connectivity index (χ1v) is 8.13. The van der Waals surface area contributed by atoms with Crippen molar-refractivity contribution in [3.8, 4) is 0 Å². The van der Waals surface area contributed by atoms with Crippen LogP contribution < -0.4 is 9.80 Å². The monoisotopic (exact) mass is 363 g/mol. The summed E-state index contributed by atoms with van der Waals surface area (Å²) in [4.78, 5) is 16.0. The van der Waals surface area contributed by atoms with Crippen molar-refractivity contribution in [3.05, 3.63) is 42.1 Å². The van der Waals surface area contributed by atoms with Gasteiger partial charge in [-0.05, 0) is 19.1 Å². The van der Waals surface area contributed by atoms with Gasteiger partial charge in [-0.15, -0.1) is 0 Å². The zero-order chi connectivity index (χ0) is 18.3. The summed E-state index contributed by atoms with van der Waals surface area (Å²) in [7, 11) is 0. The first kappa shape index (κ1) is 16.6. The number of halogens is 3. The molecule has 1 aliphatic heterocycles. The van der Waals surface area contributed by atoms with E-state index in [2.05, 4.69) is 25.0 Å². The van der Waals surface area contributed by atoms with Gasteiger partial charge in [0.05, 0.1) is 5.69 Å². The highest BCUT2D eigenvalue weighted by molar-refractivity contribution is 5.69. The van der Waals surface area contributed by atoms with Gasteiger partial charge in [-0.3, -0.25) is 0 Å². The van der Waals surface area contributed by atoms with Crippen LogP contribution in [-0.2, 0) is 6.18 Å². The second-order valence-corrected chi connectivity index (χ2v) is 6.08. The van der Waals surface area contributed by atoms with E-state index in [1.807, 2.05) is 13.0 Å². The maximum atomic E-state index is 12.8. The van der Waals surface area contributed by atoms with Crippen LogP contribution in [0.2, 0.25) is 0 Å². The Labute approximate surface area is 147 Å². The van der Waals surface area contributed by atoms with Crippen LogP contribution in [0.15, 0.2) is 30.7 Å². The maximum absolute atomic E-state index is 12.8. The van der Waals surface area contributed by atoms with Gasteiger partial charge in [0.2, 0.25) is 5.95 Å². The Morgan fingerprint density at radius 3 is 2.46 bits per heavy atom. The number of fused-ring (bicyclic) bond motifs is 1. The van der Waals surface area contributed by atoms with Gasteiger partial charge in [0.25, 0.3) is 0 Å². The summed E-state index contributed by atoms with van der Waals surface area (Å²) in [5.74, 6) is 0.920. The van der Waals surface area contributed by atoms with Crippen LogP contribution in [0.5, 0.6) is 0 Å². The minimum absolute atomic E-state index is 0.103.